The number of aryl methyl sites for hydroxylation is 1. The van der Waals surface area contributed by atoms with Crippen LogP contribution in [0.3, 0.4) is 0 Å². The average molecular weight is 247 g/mol. The summed E-state index contributed by atoms with van der Waals surface area (Å²) in [4.78, 5) is 0. The lowest BCUT2D eigenvalue weighted by atomic mass is 9.86. The smallest absolute Gasteiger partial charge is 0.0566 e. The van der Waals surface area contributed by atoms with Gasteiger partial charge in [-0.1, -0.05) is 68.5 Å². The van der Waals surface area contributed by atoms with Gasteiger partial charge in [0.25, 0.3) is 0 Å². The van der Waals surface area contributed by atoms with Gasteiger partial charge in [-0.2, -0.15) is 0 Å². The molecule has 2 aromatic rings. The number of benzene rings is 2. The molecule has 0 amide bonds. The van der Waals surface area contributed by atoms with Crippen LogP contribution in [0.1, 0.15) is 41.7 Å². The lowest BCUT2D eigenvalue weighted by molar-refractivity contribution is 1.01. The van der Waals surface area contributed by atoms with Crippen LogP contribution in [0.15, 0.2) is 48.5 Å². The van der Waals surface area contributed by atoms with E-state index in [1.165, 1.54) is 33.7 Å². The number of hydrogen-bond acceptors (Lipinski definition) is 0. The zero-order valence-electron chi connectivity index (χ0n) is 11.6. The molecule has 1 aliphatic rings. The molecule has 0 atom stereocenters. The second-order valence-electron chi connectivity index (χ2n) is 4.98. The predicted octanol–water partition coefficient (Wildman–Crippen LogP) is 4.81. The van der Waals surface area contributed by atoms with Crippen LogP contribution >= 0.6 is 0 Å². The summed E-state index contributed by atoms with van der Waals surface area (Å²) >= 11 is 0. The van der Waals surface area contributed by atoms with E-state index in [-0.39, 0.29) is 0 Å². The van der Waals surface area contributed by atoms with Gasteiger partial charge in [-0.25, -0.2) is 0 Å². The molecule has 0 heterocycles. The molecule has 0 heteroatoms. The second-order valence-corrected chi connectivity index (χ2v) is 4.98. The van der Waals surface area contributed by atoms with Gasteiger partial charge in [-0.15, -0.1) is 0 Å². The van der Waals surface area contributed by atoms with Crippen LogP contribution in [-0.2, 0) is 12.8 Å². The van der Waals surface area contributed by atoms with Gasteiger partial charge in [0, 0.05) is 0 Å². The van der Waals surface area contributed by atoms with Crippen molar-refractivity contribution in [1.29, 1.82) is 0 Å². The van der Waals surface area contributed by atoms with E-state index < -0.39 is 0 Å². The van der Waals surface area contributed by atoms with Crippen molar-refractivity contribution in [3.05, 3.63) is 82.3 Å². The van der Waals surface area contributed by atoms with Crippen LogP contribution in [0, 0.1) is 5.92 Å². The lowest BCUT2D eigenvalue weighted by Crippen LogP contribution is -2.04. The molecule has 0 bridgehead atoms. The maximum Gasteiger partial charge on any atom is 0.0566 e. The molecule has 0 nitrogen and oxygen atoms in total. The summed E-state index contributed by atoms with van der Waals surface area (Å²) in [5, 5.41) is 0. The minimum Gasteiger partial charge on any atom is -0.0674 e. The molecule has 3 rings (SSSR count). The normalized spacial score (nSPS) is 13.8. The first kappa shape index (κ1) is 12.2. The van der Waals surface area contributed by atoms with Crippen LogP contribution in [-0.4, -0.2) is 0 Å². The topological polar surface area (TPSA) is 0 Å². The summed E-state index contributed by atoms with van der Waals surface area (Å²) in [7, 11) is 0. The molecule has 95 valence electrons. The molecule has 1 radical (unpaired) electrons. The third kappa shape index (κ3) is 2.02. The highest BCUT2D eigenvalue weighted by Gasteiger charge is 2.22. The van der Waals surface area contributed by atoms with E-state index in [4.69, 9.17) is 0 Å². The number of rotatable bonds is 3. The van der Waals surface area contributed by atoms with E-state index in [0.717, 1.165) is 12.8 Å². The highest BCUT2D eigenvalue weighted by atomic mass is 14.2. The quantitative estimate of drug-likeness (QED) is 0.730. The summed E-state index contributed by atoms with van der Waals surface area (Å²) in [5.74, 6) is 1.38. The molecule has 1 aliphatic carbocycles. The van der Waals surface area contributed by atoms with Gasteiger partial charge >= 0.3 is 0 Å². The standard InChI is InChI=1S/C19H19/c1-3-14-9-7-11-18(16(14)4-2)19-13-12-15-8-5-6-10-17(15)19/h5-13H,3-4H2,1-2H3. The van der Waals surface area contributed by atoms with Crippen LogP contribution in [0.4, 0.5) is 0 Å². The molecular formula is C19H19. The highest BCUT2D eigenvalue weighted by Crippen LogP contribution is 2.36. The van der Waals surface area contributed by atoms with E-state index in [1.54, 1.807) is 0 Å². The number of hydrogen-bond donors (Lipinski definition) is 0. The van der Waals surface area contributed by atoms with Gasteiger partial charge in [-0.3, -0.25) is 0 Å². The van der Waals surface area contributed by atoms with Gasteiger partial charge in [0.05, 0.1) is 5.92 Å². The van der Waals surface area contributed by atoms with E-state index in [2.05, 4.69) is 68.5 Å². The second kappa shape index (κ2) is 5.05. The summed E-state index contributed by atoms with van der Waals surface area (Å²) in [6, 6.07) is 15.4. The summed E-state index contributed by atoms with van der Waals surface area (Å²) in [5.41, 5.74) is 7.08. The predicted molar refractivity (Wildman–Crippen MR) is 82.1 cm³/mol. The largest absolute Gasteiger partial charge is 0.0674 e. The van der Waals surface area contributed by atoms with Crippen LogP contribution < -0.4 is 0 Å². The minimum absolute atomic E-state index is 1.10. The molecule has 0 aromatic heterocycles. The summed E-state index contributed by atoms with van der Waals surface area (Å²) in [6.45, 7) is 4.49. The van der Waals surface area contributed by atoms with Crippen molar-refractivity contribution < 1.29 is 0 Å². The monoisotopic (exact) mass is 247 g/mol. The van der Waals surface area contributed by atoms with Gasteiger partial charge in [0.1, 0.15) is 0 Å². The van der Waals surface area contributed by atoms with Crippen molar-refractivity contribution >= 4 is 6.08 Å². The Labute approximate surface area is 115 Å². The SMILES string of the molecule is CCc1cccc([C]2C=Cc3ccccc32)c1CC. The maximum atomic E-state index is 2.26. The first-order valence-corrected chi connectivity index (χ1v) is 7.10. The van der Waals surface area contributed by atoms with Gasteiger partial charge in [0.2, 0.25) is 0 Å². The highest BCUT2D eigenvalue weighted by molar-refractivity contribution is 5.74. The first-order valence-electron chi connectivity index (χ1n) is 7.10. The van der Waals surface area contributed by atoms with Crippen molar-refractivity contribution in [1.82, 2.24) is 0 Å². The Morgan fingerprint density at radius 1 is 0.737 bits per heavy atom. The first-order chi connectivity index (χ1) is 9.35. The Morgan fingerprint density at radius 2 is 1.53 bits per heavy atom. The van der Waals surface area contributed by atoms with E-state index in [1.807, 2.05) is 0 Å². The Morgan fingerprint density at radius 3 is 2.32 bits per heavy atom. The Kier molecular flexibility index (Phi) is 3.25. The molecule has 0 saturated carbocycles. The minimum atomic E-state index is 1.10. The molecule has 0 saturated heterocycles. The fourth-order valence-corrected chi connectivity index (χ4v) is 3.02. The molecule has 19 heavy (non-hydrogen) atoms. The summed E-state index contributed by atoms with van der Waals surface area (Å²) < 4.78 is 0. The van der Waals surface area contributed by atoms with E-state index in [0.29, 0.717) is 0 Å². The van der Waals surface area contributed by atoms with Gasteiger partial charge in [-0.05, 0) is 40.7 Å². The molecule has 0 aliphatic heterocycles. The molecule has 0 N–H and O–H groups in total. The Balaban J connectivity index is 2.12. The van der Waals surface area contributed by atoms with Crippen LogP contribution in [0.2, 0.25) is 0 Å². The van der Waals surface area contributed by atoms with Crippen molar-refractivity contribution in [2.75, 3.05) is 0 Å². The zero-order chi connectivity index (χ0) is 13.2. The summed E-state index contributed by atoms with van der Waals surface area (Å²) in [6.07, 6.45) is 6.69. The van der Waals surface area contributed by atoms with Crippen molar-refractivity contribution in [2.45, 2.75) is 26.7 Å². The van der Waals surface area contributed by atoms with Crippen molar-refractivity contribution in [2.24, 2.45) is 0 Å². The average Bonchev–Trinajstić information content (AvgIpc) is 2.90. The third-order valence-electron chi connectivity index (χ3n) is 3.98. The fourth-order valence-electron chi connectivity index (χ4n) is 3.02. The lowest BCUT2D eigenvalue weighted by Gasteiger charge is -2.17. The maximum absolute atomic E-state index is 2.26. The fraction of sp³-hybridized carbons (Fsp3) is 0.211. The van der Waals surface area contributed by atoms with Gasteiger partial charge in [0.15, 0.2) is 0 Å². The Hall–Kier alpha value is -1.82. The number of allylic oxidation sites excluding steroid dienone is 1. The molecule has 0 spiro atoms. The van der Waals surface area contributed by atoms with E-state index in [9.17, 15) is 0 Å². The van der Waals surface area contributed by atoms with Gasteiger partial charge < -0.3 is 0 Å². The van der Waals surface area contributed by atoms with Crippen LogP contribution in [0.25, 0.3) is 6.08 Å². The number of fused-ring (bicyclic) bond motifs is 1. The molecule has 2 aromatic carbocycles. The van der Waals surface area contributed by atoms with Crippen molar-refractivity contribution in [3.8, 4) is 0 Å². The van der Waals surface area contributed by atoms with Crippen molar-refractivity contribution in [3.63, 3.8) is 0 Å². The molecule has 0 fully saturated rings. The van der Waals surface area contributed by atoms with E-state index >= 15 is 0 Å². The third-order valence-corrected chi connectivity index (χ3v) is 3.98. The zero-order valence-corrected chi connectivity index (χ0v) is 11.6. The molecular weight excluding hydrogens is 228 g/mol. The Bertz CT molecular complexity index is 620. The molecule has 0 unspecified atom stereocenters. The van der Waals surface area contributed by atoms with Crippen LogP contribution in [0.5, 0.6) is 0 Å².